The van der Waals surface area contributed by atoms with Crippen LogP contribution < -0.4 is 4.74 Å². The van der Waals surface area contributed by atoms with E-state index in [0.29, 0.717) is 29.6 Å². The SMILES string of the molecule is COc1ccccc1N=C1S/C(=C/C(=O)O)C(=O)N1CCc1c[nH]c2ccccc12. The number of fused-ring (bicyclic) bond motifs is 1. The van der Waals surface area contributed by atoms with Gasteiger partial charge in [-0.15, -0.1) is 0 Å². The number of aliphatic carboxylic acids is 1. The maximum atomic E-state index is 12.9. The Labute approximate surface area is 177 Å². The lowest BCUT2D eigenvalue weighted by molar-refractivity contribution is -0.132. The second-order valence-electron chi connectivity index (χ2n) is 6.58. The number of nitrogens with one attached hydrogen (secondary N) is 1. The Kier molecular flexibility index (Phi) is 5.58. The first-order valence-electron chi connectivity index (χ1n) is 9.28. The average Bonchev–Trinajstić information content (AvgIpc) is 3.28. The topological polar surface area (TPSA) is 95.0 Å². The van der Waals surface area contributed by atoms with E-state index in [1.165, 1.54) is 4.90 Å². The number of hydrogen-bond donors (Lipinski definition) is 2. The third-order valence-corrected chi connectivity index (χ3v) is 5.73. The Balaban J connectivity index is 1.65. The summed E-state index contributed by atoms with van der Waals surface area (Å²) in [5.74, 6) is -0.956. The van der Waals surface area contributed by atoms with E-state index in [0.717, 1.165) is 34.3 Å². The molecule has 1 aliphatic rings. The molecule has 152 valence electrons. The van der Waals surface area contributed by atoms with Gasteiger partial charge in [-0.3, -0.25) is 9.69 Å². The molecule has 1 aliphatic heterocycles. The number of H-pyrrole nitrogens is 1. The van der Waals surface area contributed by atoms with Crippen LogP contribution in [-0.4, -0.2) is 45.7 Å². The molecule has 8 heteroatoms. The van der Waals surface area contributed by atoms with Gasteiger partial charge in [0.05, 0.1) is 12.0 Å². The van der Waals surface area contributed by atoms with Gasteiger partial charge in [0.2, 0.25) is 0 Å². The molecule has 3 aromatic rings. The van der Waals surface area contributed by atoms with E-state index in [2.05, 4.69) is 9.98 Å². The van der Waals surface area contributed by atoms with Crippen LogP contribution in [0.15, 0.2) is 70.7 Å². The van der Waals surface area contributed by atoms with Gasteiger partial charge in [0.15, 0.2) is 5.17 Å². The number of carbonyl (C=O) groups is 2. The molecule has 0 saturated carbocycles. The zero-order chi connectivity index (χ0) is 21.1. The smallest absolute Gasteiger partial charge is 0.329 e. The Morgan fingerprint density at radius 1 is 1.23 bits per heavy atom. The minimum Gasteiger partial charge on any atom is -0.494 e. The molecule has 2 heterocycles. The van der Waals surface area contributed by atoms with Crippen molar-refractivity contribution in [3.05, 3.63) is 71.3 Å². The molecule has 0 atom stereocenters. The van der Waals surface area contributed by atoms with Crippen molar-refractivity contribution in [1.82, 2.24) is 9.88 Å². The van der Waals surface area contributed by atoms with Crippen molar-refractivity contribution < 1.29 is 19.4 Å². The van der Waals surface area contributed by atoms with Gasteiger partial charge in [-0.1, -0.05) is 30.3 Å². The number of methoxy groups -OCH3 is 1. The number of carbonyl (C=O) groups excluding carboxylic acids is 1. The van der Waals surface area contributed by atoms with Crippen LogP contribution in [0.3, 0.4) is 0 Å². The van der Waals surface area contributed by atoms with Crippen LogP contribution >= 0.6 is 11.8 Å². The number of aliphatic imine (C=N–C) groups is 1. The first kappa shape index (κ1) is 19.8. The highest BCUT2D eigenvalue weighted by molar-refractivity contribution is 8.18. The number of para-hydroxylation sites is 3. The van der Waals surface area contributed by atoms with E-state index in [1.54, 1.807) is 19.2 Å². The normalized spacial score (nSPS) is 16.7. The summed E-state index contributed by atoms with van der Waals surface area (Å²) in [6.07, 6.45) is 3.46. The molecule has 2 N–H and O–H groups in total. The van der Waals surface area contributed by atoms with Crippen LogP contribution in [0.5, 0.6) is 5.75 Å². The van der Waals surface area contributed by atoms with Crippen molar-refractivity contribution >= 4 is 45.4 Å². The van der Waals surface area contributed by atoms with E-state index in [1.807, 2.05) is 42.6 Å². The van der Waals surface area contributed by atoms with Crippen molar-refractivity contribution in [2.24, 2.45) is 4.99 Å². The van der Waals surface area contributed by atoms with Crippen molar-refractivity contribution in [1.29, 1.82) is 0 Å². The Bertz CT molecular complexity index is 1180. The minimum absolute atomic E-state index is 0.134. The fourth-order valence-electron chi connectivity index (χ4n) is 3.30. The van der Waals surface area contributed by atoms with Gasteiger partial charge in [-0.2, -0.15) is 0 Å². The number of aromatic amines is 1. The first-order chi connectivity index (χ1) is 14.6. The zero-order valence-corrected chi connectivity index (χ0v) is 17.0. The van der Waals surface area contributed by atoms with E-state index in [4.69, 9.17) is 9.84 Å². The Hall–Kier alpha value is -3.52. The van der Waals surface area contributed by atoms with Crippen molar-refractivity contribution in [3.63, 3.8) is 0 Å². The summed E-state index contributed by atoms with van der Waals surface area (Å²) in [7, 11) is 1.55. The van der Waals surface area contributed by atoms with Crippen LogP contribution in [0.25, 0.3) is 10.9 Å². The number of carboxylic acids is 1. The standard InChI is InChI=1S/C22H19N3O4S/c1-29-18-9-5-4-8-17(18)24-22-25(21(28)19(30-22)12-20(26)27)11-10-14-13-23-16-7-3-2-6-15(14)16/h2-9,12-13,23H,10-11H2,1H3,(H,26,27)/b19-12+,24-22?. The van der Waals surface area contributed by atoms with Crippen LogP contribution in [0, 0.1) is 0 Å². The molecular weight excluding hydrogens is 402 g/mol. The summed E-state index contributed by atoms with van der Waals surface area (Å²) in [5.41, 5.74) is 2.68. The molecule has 7 nitrogen and oxygen atoms in total. The lowest BCUT2D eigenvalue weighted by Crippen LogP contribution is -2.31. The van der Waals surface area contributed by atoms with Gasteiger partial charge in [0.1, 0.15) is 11.4 Å². The molecule has 0 bridgehead atoms. The first-order valence-corrected chi connectivity index (χ1v) is 10.1. The highest BCUT2D eigenvalue weighted by atomic mass is 32.2. The monoisotopic (exact) mass is 421 g/mol. The predicted molar refractivity (Wildman–Crippen MR) is 117 cm³/mol. The number of aromatic nitrogens is 1. The zero-order valence-electron chi connectivity index (χ0n) is 16.2. The molecule has 2 aromatic carbocycles. The second-order valence-corrected chi connectivity index (χ2v) is 7.59. The summed E-state index contributed by atoms with van der Waals surface area (Å²) in [4.78, 5) is 33.5. The largest absolute Gasteiger partial charge is 0.494 e. The predicted octanol–water partition coefficient (Wildman–Crippen LogP) is 3.95. The van der Waals surface area contributed by atoms with Gasteiger partial charge < -0.3 is 14.8 Å². The lowest BCUT2D eigenvalue weighted by Gasteiger charge is -2.15. The molecular formula is C22H19N3O4S. The molecule has 30 heavy (non-hydrogen) atoms. The number of carboxylic acid groups (broad SMARTS) is 1. The van der Waals surface area contributed by atoms with Crippen LogP contribution in [0.1, 0.15) is 5.56 Å². The molecule has 0 aliphatic carbocycles. The van der Waals surface area contributed by atoms with Gasteiger partial charge in [0.25, 0.3) is 5.91 Å². The Morgan fingerprint density at radius 2 is 2.00 bits per heavy atom. The van der Waals surface area contributed by atoms with E-state index >= 15 is 0 Å². The summed E-state index contributed by atoms with van der Waals surface area (Å²) in [6, 6.07) is 15.2. The number of amides is 1. The second kappa shape index (κ2) is 8.46. The van der Waals surface area contributed by atoms with Gasteiger partial charge >= 0.3 is 5.97 Å². The van der Waals surface area contributed by atoms with Gasteiger partial charge in [-0.25, -0.2) is 9.79 Å². The van der Waals surface area contributed by atoms with Crippen LogP contribution in [0.2, 0.25) is 0 Å². The summed E-state index contributed by atoms with van der Waals surface area (Å²) in [5, 5.41) is 10.6. The maximum Gasteiger partial charge on any atom is 0.329 e. The number of hydrogen-bond acceptors (Lipinski definition) is 5. The van der Waals surface area contributed by atoms with Gasteiger partial charge in [0, 0.05) is 29.7 Å². The van der Waals surface area contributed by atoms with E-state index < -0.39 is 5.97 Å². The highest BCUT2D eigenvalue weighted by Gasteiger charge is 2.34. The quantitative estimate of drug-likeness (QED) is 0.588. The molecule has 0 unspecified atom stereocenters. The number of thioether (sulfide) groups is 1. The fourth-order valence-corrected chi connectivity index (χ4v) is 4.28. The summed E-state index contributed by atoms with van der Waals surface area (Å²) < 4.78 is 5.34. The number of ether oxygens (including phenoxy) is 1. The average molecular weight is 421 g/mol. The minimum atomic E-state index is -1.17. The van der Waals surface area contributed by atoms with Crippen molar-refractivity contribution in [2.75, 3.05) is 13.7 Å². The van der Waals surface area contributed by atoms with E-state index in [9.17, 15) is 9.59 Å². The number of benzene rings is 2. The highest BCUT2D eigenvalue weighted by Crippen LogP contribution is 2.35. The maximum absolute atomic E-state index is 12.9. The summed E-state index contributed by atoms with van der Waals surface area (Å²) >= 11 is 1.05. The third kappa shape index (κ3) is 3.95. The fraction of sp³-hybridized carbons (Fsp3) is 0.136. The van der Waals surface area contributed by atoms with Crippen LogP contribution in [0.4, 0.5) is 5.69 Å². The molecule has 1 amide bonds. The molecule has 0 spiro atoms. The molecule has 1 saturated heterocycles. The molecule has 0 radical (unpaired) electrons. The number of rotatable bonds is 6. The molecule has 4 rings (SSSR count). The molecule has 1 aromatic heterocycles. The number of nitrogens with zero attached hydrogens (tertiary/aromatic N) is 2. The van der Waals surface area contributed by atoms with Crippen molar-refractivity contribution in [2.45, 2.75) is 6.42 Å². The van der Waals surface area contributed by atoms with Gasteiger partial charge in [-0.05, 0) is 41.9 Å². The Morgan fingerprint density at radius 3 is 2.80 bits per heavy atom. The third-order valence-electron chi connectivity index (χ3n) is 4.72. The lowest BCUT2D eigenvalue weighted by atomic mass is 10.1. The van der Waals surface area contributed by atoms with Crippen LogP contribution in [-0.2, 0) is 16.0 Å². The summed E-state index contributed by atoms with van der Waals surface area (Å²) in [6.45, 7) is 0.374. The number of amidine groups is 1. The van der Waals surface area contributed by atoms with Crippen molar-refractivity contribution in [3.8, 4) is 5.75 Å². The van der Waals surface area contributed by atoms with E-state index in [-0.39, 0.29) is 10.8 Å². The molecule has 1 fully saturated rings.